The van der Waals surface area contributed by atoms with E-state index in [-0.39, 0.29) is 0 Å². The molecule has 0 saturated heterocycles. The summed E-state index contributed by atoms with van der Waals surface area (Å²) >= 11 is 0. The van der Waals surface area contributed by atoms with E-state index in [2.05, 4.69) is 71.3 Å². The second-order valence-corrected chi connectivity index (χ2v) is 13.7. The smallest absolute Gasteiger partial charge is 0.235 e. The Kier molecular flexibility index (Phi) is 7.35. The Bertz CT molecular complexity index is 3120. The Morgan fingerprint density at radius 3 is 1.46 bits per heavy atom. The van der Waals surface area contributed by atoms with E-state index in [0.29, 0.717) is 23.4 Å². The van der Waals surface area contributed by atoms with Crippen LogP contribution in [0.25, 0.3) is 106 Å². The van der Waals surface area contributed by atoms with Crippen LogP contribution in [0, 0.1) is 0 Å². The van der Waals surface area contributed by atoms with Crippen molar-refractivity contribution in [3.05, 3.63) is 182 Å². The van der Waals surface area contributed by atoms with Crippen LogP contribution >= 0.6 is 0 Å². The minimum atomic E-state index is 0.529. The van der Waals surface area contributed by atoms with Crippen molar-refractivity contribution in [2.45, 2.75) is 0 Å². The quantitative estimate of drug-likeness (QED) is 0.170. The van der Waals surface area contributed by atoms with Gasteiger partial charge in [0.25, 0.3) is 0 Å². The van der Waals surface area contributed by atoms with Gasteiger partial charge in [0.2, 0.25) is 5.95 Å². The molecular formula is C49H30N6O. The van der Waals surface area contributed by atoms with Crippen LogP contribution < -0.4 is 0 Å². The van der Waals surface area contributed by atoms with Crippen LogP contribution in [-0.4, -0.2) is 29.5 Å². The topological polar surface area (TPSA) is 82.5 Å². The van der Waals surface area contributed by atoms with Crippen LogP contribution in [0.2, 0.25) is 0 Å². The van der Waals surface area contributed by atoms with E-state index in [0.717, 1.165) is 82.9 Å². The van der Waals surface area contributed by atoms with E-state index in [1.165, 1.54) is 0 Å². The fourth-order valence-corrected chi connectivity index (χ4v) is 7.69. The lowest BCUT2D eigenvalue weighted by Gasteiger charge is -2.12. The molecule has 11 aromatic rings. The third kappa shape index (κ3) is 5.25. The minimum Gasteiger partial charge on any atom is -0.454 e. The Hall–Kier alpha value is -7.77. The van der Waals surface area contributed by atoms with Crippen LogP contribution in [0.1, 0.15) is 0 Å². The summed E-state index contributed by atoms with van der Waals surface area (Å²) in [4.78, 5) is 26.1. The van der Waals surface area contributed by atoms with Gasteiger partial charge in [0.05, 0.1) is 16.9 Å². The predicted octanol–water partition coefficient (Wildman–Crippen LogP) is 12.0. The van der Waals surface area contributed by atoms with Crippen LogP contribution in [0.3, 0.4) is 0 Å². The number of furan rings is 1. The van der Waals surface area contributed by atoms with Gasteiger partial charge in [0.15, 0.2) is 23.1 Å². The average Bonchev–Trinajstić information content (AvgIpc) is 3.83. The highest BCUT2D eigenvalue weighted by atomic mass is 16.3. The lowest BCUT2D eigenvalue weighted by Crippen LogP contribution is -2.04. The van der Waals surface area contributed by atoms with Gasteiger partial charge in [-0.15, -0.1) is 0 Å². The summed E-state index contributed by atoms with van der Waals surface area (Å²) in [5, 5.41) is 3.87. The lowest BCUT2D eigenvalue weighted by molar-refractivity contribution is 0.671. The summed E-state index contributed by atoms with van der Waals surface area (Å²) in [7, 11) is 0. The number of nitrogens with zero attached hydrogens (tertiary/aromatic N) is 6. The van der Waals surface area contributed by atoms with Gasteiger partial charge < -0.3 is 4.42 Å². The number of para-hydroxylation sites is 2. The molecule has 56 heavy (non-hydrogen) atoms. The normalized spacial score (nSPS) is 11.6. The molecule has 7 heteroatoms. The molecule has 0 radical (unpaired) electrons. The zero-order valence-electron chi connectivity index (χ0n) is 29.9. The van der Waals surface area contributed by atoms with Crippen molar-refractivity contribution >= 4 is 43.7 Å². The Morgan fingerprint density at radius 1 is 0.393 bits per heavy atom. The van der Waals surface area contributed by atoms with Crippen molar-refractivity contribution in [3.63, 3.8) is 0 Å². The number of benzene rings is 7. The average molecular weight is 719 g/mol. The fraction of sp³-hybridized carbons (Fsp3) is 0. The lowest BCUT2D eigenvalue weighted by atomic mass is 10.0. The highest BCUT2D eigenvalue weighted by molar-refractivity contribution is 6.26. The van der Waals surface area contributed by atoms with Gasteiger partial charge in [-0.05, 0) is 24.3 Å². The van der Waals surface area contributed by atoms with Crippen molar-refractivity contribution in [1.82, 2.24) is 29.5 Å². The highest BCUT2D eigenvalue weighted by Gasteiger charge is 2.26. The van der Waals surface area contributed by atoms with Gasteiger partial charge in [0.1, 0.15) is 11.1 Å². The summed E-state index contributed by atoms with van der Waals surface area (Å²) < 4.78 is 8.98. The van der Waals surface area contributed by atoms with E-state index in [1.54, 1.807) is 0 Å². The molecule has 262 valence electrons. The van der Waals surface area contributed by atoms with Gasteiger partial charge in [-0.2, -0.15) is 0 Å². The first-order chi connectivity index (χ1) is 27.8. The van der Waals surface area contributed by atoms with Crippen molar-refractivity contribution in [2.24, 2.45) is 0 Å². The largest absolute Gasteiger partial charge is 0.454 e. The first kappa shape index (κ1) is 31.7. The van der Waals surface area contributed by atoms with Gasteiger partial charge in [-0.3, -0.25) is 4.57 Å². The van der Waals surface area contributed by atoms with E-state index in [4.69, 9.17) is 29.3 Å². The molecular weight excluding hydrogens is 689 g/mol. The Labute approximate surface area is 321 Å². The van der Waals surface area contributed by atoms with Crippen LogP contribution in [0.5, 0.6) is 0 Å². The summed E-state index contributed by atoms with van der Waals surface area (Å²) in [5.41, 5.74) is 9.57. The fourth-order valence-electron chi connectivity index (χ4n) is 7.69. The summed E-state index contributed by atoms with van der Waals surface area (Å²) in [6.07, 6.45) is 0. The van der Waals surface area contributed by atoms with Crippen molar-refractivity contribution in [2.75, 3.05) is 0 Å². The maximum atomic E-state index is 6.83. The van der Waals surface area contributed by atoms with E-state index < -0.39 is 0 Å². The Morgan fingerprint density at radius 2 is 0.875 bits per heavy atom. The number of rotatable bonds is 6. The third-order valence-corrected chi connectivity index (χ3v) is 10.3. The molecule has 0 unspecified atom stereocenters. The molecule has 0 bridgehead atoms. The molecule has 0 amide bonds. The van der Waals surface area contributed by atoms with E-state index in [9.17, 15) is 0 Å². The molecule has 4 heterocycles. The Balaban J connectivity index is 1.29. The summed E-state index contributed by atoms with van der Waals surface area (Å²) in [6, 6.07) is 61.4. The SMILES string of the molecule is c1ccc(-c2cc(-c3ccccc3)nc(-n3c4ccccc4c4c(-c5nc(-c6ccccc6)nc(-c6ccccc6)n5)cc5c6ccccc6oc5c43)n2)cc1. The summed E-state index contributed by atoms with van der Waals surface area (Å²) in [6.45, 7) is 0. The third-order valence-electron chi connectivity index (χ3n) is 10.3. The second-order valence-electron chi connectivity index (χ2n) is 13.7. The molecule has 0 N–H and O–H groups in total. The van der Waals surface area contributed by atoms with Crippen LogP contribution in [0.4, 0.5) is 0 Å². The molecule has 4 aromatic heterocycles. The molecule has 0 aliphatic heterocycles. The van der Waals surface area contributed by atoms with Crippen LogP contribution in [-0.2, 0) is 0 Å². The zero-order chi connectivity index (χ0) is 37.0. The molecule has 0 atom stereocenters. The molecule has 0 fully saturated rings. The monoisotopic (exact) mass is 718 g/mol. The number of aromatic nitrogens is 6. The van der Waals surface area contributed by atoms with E-state index in [1.807, 2.05) is 115 Å². The van der Waals surface area contributed by atoms with Crippen LogP contribution in [0.15, 0.2) is 186 Å². The van der Waals surface area contributed by atoms with Gasteiger partial charge in [-0.1, -0.05) is 158 Å². The zero-order valence-corrected chi connectivity index (χ0v) is 29.9. The predicted molar refractivity (Wildman–Crippen MR) is 224 cm³/mol. The van der Waals surface area contributed by atoms with Crippen molar-refractivity contribution < 1.29 is 4.42 Å². The van der Waals surface area contributed by atoms with Gasteiger partial charge in [-0.25, -0.2) is 24.9 Å². The summed E-state index contributed by atoms with van der Waals surface area (Å²) in [5.74, 6) is 2.27. The minimum absolute atomic E-state index is 0.529. The van der Waals surface area contributed by atoms with Gasteiger partial charge >= 0.3 is 0 Å². The molecule has 0 spiro atoms. The van der Waals surface area contributed by atoms with Gasteiger partial charge in [0, 0.05) is 49.4 Å². The number of fused-ring (bicyclic) bond motifs is 7. The van der Waals surface area contributed by atoms with E-state index >= 15 is 0 Å². The second kappa shape index (κ2) is 13.0. The standard InChI is InChI=1S/C49H30N6O/c1-5-17-31(18-6-1)39-30-40(32-19-7-2-8-20-32)51-49(50-39)55-41-27-15-13-26-36(41)43-38(29-37-35-25-14-16-28-42(35)56-45(37)44(43)55)48-53-46(33-21-9-3-10-22-33)52-47(54-48)34-23-11-4-12-24-34/h1-30H. The molecule has 0 aliphatic rings. The molecule has 11 rings (SSSR count). The molecule has 0 aliphatic carbocycles. The van der Waals surface area contributed by atoms with Crippen molar-refractivity contribution in [1.29, 1.82) is 0 Å². The highest BCUT2D eigenvalue weighted by Crippen LogP contribution is 2.45. The molecule has 7 aromatic carbocycles. The maximum absolute atomic E-state index is 6.83. The number of hydrogen-bond donors (Lipinski definition) is 0. The molecule has 7 nitrogen and oxygen atoms in total. The maximum Gasteiger partial charge on any atom is 0.235 e. The number of hydrogen-bond acceptors (Lipinski definition) is 6. The first-order valence-electron chi connectivity index (χ1n) is 18.5. The molecule has 0 saturated carbocycles. The van der Waals surface area contributed by atoms with Crippen molar-refractivity contribution in [3.8, 4) is 62.6 Å². The first-order valence-corrected chi connectivity index (χ1v) is 18.5.